The maximum Gasteiger partial charge on any atom is 0.0447 e. The van der Waals surface area contributed by atoms with E-state index in [9.17, 15) is 0 Å². The van der Waals surface area contributed by atoms with E-state index in [4.69, 9.17) is 0 Å². The fraction of sp³-hybridized carbons (Fsp3) is 0.667. The van der Waals surface area contributed by atoms with Crippen molar-refractivity contribution in [3.63, 3.8) is 0 Å². The molecule has 0 amide bonds. The van der Waals surface area contributed by atoms with Gasteiger partial charge in [-0.1, -0.05) is 36.2 Å². The van der Waals surface area contributed by atoms with E-state index in [1.807, 2.05) is 0 Å². The van der Waals surface area contributed by atoms with Gasteiger partial charge in [-0.2, -0.15) is 0 Å². The van der Waals surface area contributed by atoms with Crippen LogP contribution >= 0.6 is 0 Å². The van der Waals surface area contributed by atoms with Crippen molar-refractivity contribution < 1.29 is 0 Å². The van der Waals surface area contributed by atoms with Gasteiger partial charge >= 0.3 is 0 Å². The normalized spacial score (nSPS) is 16.6. The lowest BCUT2D eigenvalue weighted by atomic mass is 10.0. The largest absolute Gasteiger partial charge is 0.312 e. The van der Waals surface area contributed by atoms with E-state index in [-0.39, 0.29) is 0 Å². The quantitative estimate of drug-likeness (QED) is 0.778. The van der Waals surface area contributed by atoms with Gasteiger partial charge in [0.25, 0.3) is 0 Å². The summed E-state index contributed by atoms with van der Waals surface area (Å²) in [6.45, 7) is 10.3. The Bertz CT molecular complexity index is 403. The number of benzene rings is 1. The third-order valence-electron chi connectivity index (χ3n) is 4.19. The smallest absolute Gasteiger partial charge is 0.0447 e. The van der Waals surface area contributed by atoms with Gasteiger partial charge in [-0.05, 0) is 58.2 Å². The molecular formula is C18H30N2. The summed E-state index contributed by atoms with van der Waals surface area (Å²) in [5.74, 6) is 0.971. The monoisotopic (exact) mass is 274 g/mol. The highest BCUT2D eigenvalue weighted by molar-refractivity contribution is 5.30. The van der Waals surface area contributed by atoms with Gasteiger partial charge < -0.3 is 10.2 Å². The summed E-state index contributed by atoms with van der Waals surface area (Å²) in [6, 6.07) is 7.36. The number of likely N-dealkylation sites (N-methyl/N-ethyl adjacent to an activating group) is 1. The molecule has 2 heteroatoms. The van der Waals surface area contributed by atoms with Crippen molar-refractivity contribution in [3.8, 4) is 0 Å². The number of aryl methyl sites for hydroxylation is 2. The van der Waals surface area contributed by atoms with Crippen LogP contribution in [0.2, 0.25) is 0 Å². The summed E-state index contributed by atoms with van der Waals surface area (Å²) in [6.07, 6.45) is 4.12. The predicted octanol–water partition coefficient (Wildman–Crippen LogP) is 3.69. The van der Waals surface area contributed by atoms with Crippen LogP contribution in [0.3, 0.4) is 0 Å². The van der Waals surface area contributed by atoms with E-state index in [2.05, 4.69) is 56.2 Å². The van der Waals surface area contributed by atoms with Crippen LogP contribution in [0.25, 0.3) is 0 Å². The Kier molecular flexibility index (Phi) is 5.62. The average molecular weight is 274 g/mol. The molecule has 1 saturated carbocycles. The fourth-order valence-electron chi connectivity index (χ4n) is 3.07. The molecule has 1 atom stereocenters. The van der Waals surface area contributed by atoms with Gasteiger partial charge in [-0.15, -0.1) is 0 Å². The second-order valence-electron chi connectivity index (χ2n) is 6.47. The van der Waals surface area contributed by atoms with Crippen LogP contribution in [0, 0.1) is 19.8 Å². The molecule has 0 aromatic heterocycles. The summed E-state index contributed by atoms with van der Waals surface area (Å²) in [7, 11) is 2.09. The third-order valence-corrected chi connectivity index (χ3v) is 4.19. The molecule has 1 aromatic rings. The molecule has 0 bridgehead atoms. The van der Waals surface area contributed by atoms with Crippen LogP contribution in [0.1, 0.15) is 48.9 Å². The third kappa shape index (κ3) is 4.60. The molecule has 20 heavy (non-hydrogen) atoms. The summed E-state index contributed by atoms with van der Waals surface area (Å²) >= 11 is 0. The molecule has 2 nitrogen and oxygen atoms in total. The molecule has 1 unspecified atom stereocenters. The Morgan fingerprint density at radius 2 is 1.85 bits per heavy atom. The highest BCUT2D eigenvalue weighted by atomic mass is 15.1. The second-order valence-corrected chi connectivity index (χ2v) is 6.47. The van der Waals surface area contributed by atoms with Crippen LogP contribution in [-0.2, 0) is 0 Å². The van der Waals surface area contributed by atoms with Gasteiger partial charge in [0.1, 0.15) is 0 Å². The Labute approximate surface area is 124 Å². The van der Waals surface area contributed by atoms with Gasteiger partial charge in [0, 0.05) is 19.1 Å². The standard InChI is InChI=1S/C18H30N2/c1-5-8-20(12-16-6-7-16)13-18(19-4)17-10-14(2)9-15(3)11-17/h9-11,16,18-19H,5-8,12-13H2,1-4H3. The minimum atomic E-state index is 0.443. The van der Waals surface area contributed by atoms with E-state index in [0.717, 1.165) is 12.5 Å². The number of hydrogen-bond acceptors (Lipinski definition) is 2. The summed E-state index contributed by atoms with van der Waals surface area (Å²) < 4.78 is 0. The van der Waals surface area contributed by atoms with Crippen LogP contribution in [-0.4, -0.2) is 31.6 Å². The topological polar surface area (TPSA) is 15.3 Å². The minimum absolute atomic E-state index is 0.443. The lowest BCUT2D eigenvalue weighted by Gasteiger charge is -2.28. The van der Waals surface area contributed by atoms with E-state index in [1.54, 1.807) is 0 Å². The van der Waals surface area contributed by atoms with Gasteiger partial charge in [0.2, 0.25) is 0 Å². The highest BCUT2D eigenvalue weighted by Crippen LogP contribution is 2.30. The molecule has 1 aliphatic rings. The van der Waals surface area contributed by atoms with Crippen LogP contribution in [0.5, 0.6) is 0 Å². The molecule has 1 N–H and O–H groups in total. The van der Waals surface area contributed by atoms with Crippen molar-refractivity contribution >= 4 is 0 Å². The molecule has 1 fully saturated rings. The van der Waals surface area contributed by atoms with Crippen molar-refractivity contribution in [2.75, 3.05) is 26.7 Å². The lowest BCUT2D eigenvalue weighted by molar-refractivity contribution is 0.237. The second kappa shape index (κ2) is 7.24. The zero-order valence-corrected chi connectivity index (χ0v) is 13.6. The summed E-state index contributed by atoms with van der Waals surface area (Å²) in [5.41, 5.74) is 4.16. The molecule has 0 aliphatic heterocycles. The molecule has 2 rings (SSSR count). The van der Waals surface area contributed by atoms with E-state index >= 15 is 0 Å². The number of nitrogens with zero attached hydrogens (tertiary/aromatic N) is 1. The van der Waals surface area contributed by atoms with Crippen molar-refractivity contribution in [1.82, 2.24) is 10.2 Å². The first-order chi connectivity index (χ1) is 9.62. The van der Waals surface area contributed by atoms with Gasteiger partial charge in [0.15, 0.2) is 0 Å². The van der Waals surface area contributed by atoms with Gasteiger partial charge in [-0.3, -0.25) is 0 Å². The first-order valence-electron chi connectivity index (χ1n) is 8.10. The van der Waals surface area contributed by atoms with E-state index < -0.39 is 0 Å². The first kappa shape index (κ1) is 15.5. The molecule has 0 radical (unpaired) electrons. The number of rotatable bonds is 8. The van der Waals surface area contributed by atoms with Crippen LogP contribution in [0.4, 0.5) is 0 Å². The molecule has 1 aromatic carbocycles. The first-order valence-corrected chi connectivity index (χ1v) is 8.10. The molecule has 1 aliphatic carbocycles. The summed E-state index contributed by atoms with van der Waals surface area (Å²) in [5, 5.41) is 3.51. The van der Waals surface area contributed by atoms with Crippen LogP contribution in [0.15, 0.2) is 18.2 Å². The fourth-order valence-corrected chi connectivity index (χ4v) is 3.07. The lowest BCUT2D eigenvalue weighted by Crippen LogP contribution is -2.35. The highest BCUT2D eigenvalue weighted by Gasteiger charge is 2.25. The van der Waals surface area contributed by atoms with Gasteiger partial charge in [-0.25, -0.2) is 0 Å². The Balaban J connectivity index is 2.04. The molecule has 0 saturated heterocycles. The molecule has 0 spiro atoms. The molecule has 0 heterocycles. The number of nitrogens with one attached hydrogen (secondary N) is 1. The maximum atomic E-state index is 3.51. The van der Waals surface area contributed by atoms with E-state index in [0.29, 0.717) is 6.04 Å². The van der Waals surface area contributed by atoms with Crippen LogP contribution < -0.4 is 5.32 Å². The van der Waals surface area contributed by atoms with Crippen molar-refractivity contribution in [2.45, 2.75) is 46.1 Å². The summed E-state index contributed by atoms with van der Waals surface area (Å²) in [4.78, 5) is 2.65. The Hall–Kier alpha value is -0.860. The van der Waals surface area contributed by atoms with Gasteiger partial charge in [0.05, 0.1) is 0 Å². The molecule has 112 valence electrons. The zero-order valence-electron chi connectivity index (χ0n) is 13.6. The Morgan fingerprint density at radius 3 is 2.35 bits per heavy atom. The zero-order chi connectivity index (χ0) is 14.5. The predicted molar refractivity (Wildman–Crippen MR) is 87.2 cm³/mol. The van der Waals surface area contributed by atoms with Crippen molar-refractivity contribution in [2.24, 2.45) is 5.92 Å². The minimum Gasteiger partial charge on any atom is -0.312 e. The average Bonchev–Trinajstić information content (AvgIpc) is 3.18. The van der Waals surface area contributed by atoms with E-state index in [1.165, 1.54) is 49.0 Å². The number of hydrogen-bond donors (Lipinski definition) is 1. The maximum absolute atomic E-state index is 3.51. The van der Waals surface area contributed by atoms with Crippen molar-refractivity contribution in [1.29, 1.82) is 0 Å². The Morgan fingerprint density at radius 1 is 1.20 bits per heavy atom. The molecular weight excluding hydrogens is 244 g/mol. The SMILES string of the molecule is CCCN(CC1CC1)CC(NC)c1cc(C)cc(C)c1. The van der Waals surface area contributed by atoms with Crippen molar-refractivity contribution in [3.05, 3.63) is 34.9 Å².